The minimum Gasteiger partial charge on any atom is -0.481 e. The number of aryl methyl sites for hydroxylation is 2. The third kappa shape index (κ3) is 4.21. The lowest BCUT2D eigenvalue weighted by molar-refractivity contribution is 0.369. The van der Waals surface area contributed by atoms with Crippen LogP contribution in [0.1, 0.15) is 11.3 Å². The molecule has 0 aliphatic rings. The first kappa shape index (κ1) is 16.8. The summed E-state index contributed by atoms with van der Waals surface area (Å²) < 4.78 is 6.95. The first-order valence-electron chi connectivity index (χ1n) is 5.31. The van der Waals surface area contributed by atoms with Gasteiger partial charge in [-0.3, -0.25) is 0 Å². The van der Waals surface area contributed by atoms with Crippen molar-refractivity contribution in [2.75, 3.05) is 13.7 Å². The first-order chi connectivity index (χ1) is 8.10. The van der Waals surface area contributed by atoms with Gasteiger partial charge in [-0.1, -0.05) is 6.08 Å². The highest BCUT2D eigenvalue weighted by Crippen LogP contribution is 2.21. The molecule has 0 saturated carbocycles. The Kier molecular flexibility index (Phi) is 7.41. The number of hydrogen-bond donors (Lipinski definition) is 2. The van der Waals surface area contributed by atoms with Crippen molar-refractivity contribution >= 4 is 29.9 Å². The predicted molar refractivity (Wildman–Crippen MR) is 83.4 cm³/mol. The number of ether oxygens (including phenoxy) is 1. The molecule has 1 heterocycles. The van der Waals surface area contributed by atoms with E-state index in [9.17, 15) is 0 Å². The highest BCUT2D eigenvalue weighted by atomic mass is 127. The quantitative estimate of drug-likeness (QED) is 0.353. The van der Waals surface area contributed by atoms with Crippen molar-refractivity contribution in [1.29, 1.82) is 0 Å². The molecule has 0 saturated heterocycles. The average Bonchev–Trinajstić information content (AvgIpc) is 2.57. The predicted octanol–water partition coefficient (Wildman–Crippen LogP) is 0.945. The van der Waals surface area contributed by atoms with E-state index in [1.807, 2.05) is 14.0 Å². The van der Waals surface area contributed by atoms with Gasteiger partial charge in [0.05, 0.1) is 24.9 Å². The van der Waals surface area contributed by atoms with E-state index in [1.165, 1.54) is 0 Å². The number of aromatic nitrogens is 2. The molecule has 0 aromatic carbocycles. The number of nitrogens with zero attached hydrogens (tertiary/aromatic N) is 3. The highest BCUT2D eigenvalue weighted by Gasteiger charge is 2.12. The highest BCUT2D eigenvalue weighted by molar-refractivity contribution is 14.0. The summed E-state index contributed by atoms with van der Waals surface area (Å²) in [5.41, 5.74) is 7.52. The minimum atomic E-state index is 0. The molecule has 7 heteroatoms. The Morgan fingerprint density at radius 3 is 2.89 bits per heavy atom. The van der Waals surface area contributed by atoms with Gasteiger partial charge in [0, 0.05) is 13.6 Å². The number of hydrogen-bond acceptors (Lipinski definition) is 3. The summed E-state index contributed by atoms with van der Waals surface area (Å²) in [4.78, 5) is 4.22. The number of guanidine groups is 1. The summed E-state index contributed by atoms with van der Waals surface area (Å²) in [6.45, 7) is 6.55. The van der Waals surface area contributed by atoms with Crippen LogP contribution in [-0.2, 0) is 13.6 Å². The molecule has 0 atom stereocenters. The molecule has 1 aromatic rings. The van der Waals surface area contributed by atoms with Gasteiger partial charge in [-0.05, 0) is 6.92 Å². The molecule has 0 radical (unpaired) electrons. The van der Waals surface area contributed by atoms with Gasteiger partial charge in [0.25, 0.3) is 0 Å². The number of nitrogens with two attached hydrogens (primary N) is 1. The monoisotopic (exact) mass is 365 g/mol. The normalized spacial score (nSPS) is 10.7. The number of aliphatic imine (C=N–C) groups is 1. The van der Waals surface area contributed by atoms with Crippen LogP contribution in [0.15, 0.2) is 17.6 Å². The van der Waals surface area contributed by atoms with Crippen molar-refractivity contribution in [2.24, 2.45) is 17.8 Å². The van der Waals surface area contributed by atoms with Crippen molar-refractivity contribution < 1.29 is 4.74 Å². The largest absolute Gasteiger partial charge is 0.481 e. The summed E-state index contributed by atoms with van der Waals surface area (Å²) in [5.74, 6) is 1.10. The van der Waals surface area contributed by atoms with Crippen molar-refractivity contribution in [3.8, 4) is 5.88 Å². The van der Waals surface area contributed by atoms with Gasteiger partial charge in [0.15, 0.2) is 5.96 Å². The number of nitrogens with one attached hydrogen (secondary N) is 1. The third-order valence-electron chi connectivity index (χ3n) is 2.32. The number of halogens is 1. The van der Waals surface area contributed by atoms with Crippen molar-refractivity contribution in [2.45, 2.75) is 13.5 Å². The Labute approximate surface area is 124 Å². The van der Waals surface area contributed by atoms with Crippen molar-refractivity contribution in [3.05, 3.63) is 23.9 Å². The molecule has 0 fully saturated rings. The number of methoxy groups -OCH3 is 1. The maximum absolute atomic E-state index is 5.68. The molecule has 1 rings (SSSR count). The standard InChI is InChI=1S/C11H19N5O.HI/c1-5-6-13-11(12)14-7-9-8(2)15-16(3)10(9)17-4;/h5H,1,6-7H2,2-4H3,(H3,12,13,14);1H. The zero-order valence-electron chi connectivity index (χ0n) is 10.9. The lowest BCUT2D eigenvalue weighted by Gasteiger charge is -2.04. The molecule has 0 aliphatic heterocycles. The van der Waals surface area contributed by atoms with E-state index in [-0.39, 0.29) is 24.0 Å². The zero-order chi connectivity index (χ0) is 12.8. The van der Waals surface area contributed by atoms with Gasteiger partial charge < -0.3 is 15.8 Å². The third-order valence-corrected chi connectivity index (χ3v) is 2.32. The van der Waals surface area contributed by atoms with E-state index >= 15 is 0 Å². The summed E-state index contributed by atoms with van der Waals surface area (Å²) in [5, 5.41) is 7.17. The van der Waals surface area contributed by atoms with E-state index < -0.39 is 0 Å². The van der Waals surface area contributed by atoms with Gasteiger partial charge in [0.1, 0.15) is 0 Å². The van der Waals surface area contributed by atoms with Gasteiger partial charge in [-0.2, -0.15) is 5.10 Å². The molecular formula is C11H20IN5O. The average molecular weight is 365 g/mol. The van der Waals surface area contributed by atoms with E-state index in [0.29, 0.717) is 24.9 Å². The molecule has 1 aromatic heterocycles. The minimum absolute atomic E-state index is 0. The second-order valence-corrected chi connectivity index (χ2v) is 3.57. The summed E-state index contributed by atoms with van der Waals surface area (Å²) in [6.07, 6.45) is 1.72. The summed E-state index contributed by atoms with van der Waals surface area (Å²) in [7, 11) is 3.45. The smallest absolute Gasteiger partial charge is 0.216 e. The Balaban J connectivity index is 0.00000289. The van der Waals surface area contributed by atoms with E-state index in [1.54, 1.807) is 17.9 Å². The van der Waals surface area contributed by atoms with Crippen LogP contribution in [0.2, 0.25) is 0 Å². The molecule has 0 spiro atoms. The van der Waals surface area contributed by atoms with Crippen LogP contribution in [0, 0.1) is 6.92 Å². The van der Waals surface area contributed by atoms with Crippen LogP contribution in [0.5, 0.6) is 5.88 Å². The topological polar surface area (TPSA) is 77.5 Å². The van der Waals surface area contributed by atoms with Crippen LogP contribution < -0.4 is 15.8 Å². The van der Waals surface area contributed by atoms with Crippen LogP contribution in [0.4, 0.5) is 0 Å². The van der Waals surface area contributed by atoms with Gasteiger partial charge in [0.2, 0.25) is 5.88 Å². The fourth-order valence-electron chi connectivity index (χ4n) is 1.52. The summed E-state index contributed by atoms with van der Waals surface area (Å²) >= 11 is 0. The Bertz CT molecular complexity index is 427. The molecule has 18 heavy (non-hydrogen) atoms. The Morgan fingerprint density at radius 1 is 1.67 bits per heavy atom. The lowest BCUT2D eigenvalue weighted by Crippen LogP contribution is -2.31. The zero-order valence-corrected chi connectivity index (χ0v) is 13.3. The molecule has 6 nitrogen and oxygen atoms in total. The van der Waals surface area contributed by atoms with Gasteiger partial charge in [-0.15, -0.1) is 30.6 Å². The molecular weight excluding hydrogens is 345 g/mol. The Hall–Kier alpha value is -1.25. The molecule has 3 N–H and O–H groups in total. The Morgan fingerprint density at radius 2 is 2.33 bits per heavy atom. The molecule has 102 valence electrons. The van der Waals surface area contributed by atoms with E-state index in [2.05, 4.69) is 22.0 Å². The van der Waals surface area contributed by atoms with Crippen LogP contribution in [-0.4, -0.2) is 29.4 Å². The van der Waals surface area contributed by atoms with Gasteiger partial charge in [-0.25, -0.2) is 9.67 Å². The van der Waals surface area contributed by atoms with Crippen LogP contribution in [0.3, 0.4) is 0 Å². The first-order valence-corrected chi connectivity index (χ1v) is 5.31. The fraction of sp³-hybridized carbons (Fsp3) is 0.455. The maximum atomic E-state index is 5.68. The van der Waals surface area contributed by atoms with E-state index in [0.717, 1.165) is 11.3 Å². The molecule has 0 amide bonds. The van der Waals surface area contributed by atoms with Crippen LogP contribution in [0.25, 0.3) is 0 Å². The number of rotatable bonds is 5. The maximum Gasteiger partial charge on any atom is 0.216 e. The summed E-state index contributed by atoms with van der Waals surface area (Å²) in [6, 6.07) is 0. The SMILES string of the molecule is C=CCNC(N)=NCc1c(C)nn(C)c1OC.I. The molecule has 0 unspecified atom stereocenters. The van der Waals surface area contributed by atoms with Crippen LogP contribution >= 0.6 is 24.0 Å². The van der Waals surface area contributed by atoms with E-state index in [4.69, 9.17) is 10.5 Å². The fourth-order valence-corrected chi connectivity index (χ4v) is 1.52. The second-order valence-electron chi connectivity index (χ2n) is 3.57. The molecule has 0 bridgehead atoms. The lowest BCUT2D eigenvalue weighted by atomic mass is 10.2. The second kappa shape index (κ2) is 7.96. The molecule has 0 aliphatic carbocycles. The van der Waals surface area contributed by atoms with Crippen molar-refractivity contribution in [3.63, 3.8) is 0 Å². The van der Waals surface area contributed by atoms with Gasteiger partial charge >= 0.3 is 0 Å². The van der Waals surface area contributed by atoms with Crippen molar-refractivity contribution in [1.82, 2.24) is 15.1 Å².